The van der Waals surface area contributed by atoms with E-state index in [9.17, 15) is 9.18 Å². The van der Waals surface area contributed by atoms with Crippen molar-refractivity contribution in [3.8, 4) is 11.4 Å². The number of benzene rings is 2. The minimum atomic E-state index is -0.506. The Morgan fingerprint density at radius 3 is 2.59 bits per heavy atom. The van der Waals surface area contributed by atoms with Gasteiger partial charge in [-0.3, -0.25) is 4.79 Å². The van der Waals surface area contributed by atoms with Gasteiger partial charge in [-0.15, -0.1) is 0 Å². The van der Waals surface area contributed by atoms with Crippen LogP contribution in [0.15, 0.2) is 53.1 Å². The predicted molar refractivity (Wildman–Crippen MR) is 77.5 cm³/mol. The van der Waals surface area contributed by atoms with Gasteiger partial charge in [0, 0.05) is 11.1 Å². The molecule has 0 atom stereocenters. The van der Waals surface area contributed by atoms with Crippen molar-refractivity contribution in [3.63, 3.8) is 0 Å². The van der Waals surface area contributed by atoms with E-state index >= 15 is 0 Å². The van der Waals surface area contributed by atoms with Gasteiger partial charge in [-0.1, -0.05) is 23.4 Å². The van der Waals surface area contributed by atoms with Crippen molar-refractivity contribution < 1.29 is 13.7 Å². The summed E-state index contributed by atoms with van der Waals surface area (Å²) in [6.45, 7) is 0. The molecule has 110 valence electrons. The van der Waals surface area contributed by atoms with Crippen molar-refractivity contribution in [1.82, 2.24) is 10.1 Å². The van der Waals surface area contributed by atoms with Crippen LogP contribution in [0.25, 0.3) is 11.4 Å². The number of carbonyl (C=O) groups excluding carboxylic acids is 1. The van der Waals surface area contributed by atoms with E-state index in [1.165, 1.54) is 12.1 Å². The third-order valence-electron chi connectivity index (χ3n) is 3.20. The van der Waals surface area contributed by atoms with Gasteiger partial charge >= 0.3 is 0 Å². The number of nitrogens with two attached hydrogens (primary N) is 1. The summed E-state index contributed by atoms with van der Waals surface area (Å²) in [6, 6.07) is 12.8. The molecule has 1 aromatic heterocycles. The lowest BCUT2D eigenvalue weighted by atomic mass is 10.0. The fourth-order valence-corrected chi connectivity index (χ4v) is 2.12. The highest BCUT2D eigenvalue weighted by Gasteiger charge is 2.13. The Hall–Kier alpha value is -3.02. The number of aromatic nitrogens is 2. The van der Waals surface area contributed by atoms with Gasteiger partial charge in [-0.25, -0.2) is 4.39 Å². The van der Waals surface area contributed by atoms with Gasteiger partial charge in [-0.05, 0) is 35.9 Å². The van der Waals surface area contributed by atoms with Crippen molar-refractivity contribution in [1.29, 1.82) is 0 Å². The van der Waals surface area contributed by atoms with Crippen LogP contribution in [-0.2, 0) is 6.42 Å². The summed E-state index contributed by atoms with van der Waals surface area (Å²) >= 11 is 0. The van der Waals surface area contributed by atoms with Crippen LogP contribution < -0.4 is 5.73 Å². The minimum Gasteiger partial charge on any atom is -0.366 e. The van der Waals surface area contributed by atoms with Crippen LogP contribution in [0.5, 0.6) is 0 Å². The Bertz CT molecular complexity index is 812. The molecule has 3 rings (SSSR count). The van der Waals surface area contributed by atoms with Gasteiger partial charge in [0.2, 0.25) is 17.6 Å². The van der Waals surface area contributed by atoms with Crippen LogP contribution in [0.3, 0.4) is 0 Å². The van der Waals surface area contributed by atoms with Crippen LogP contribution >= 0.6 is 0 Å². The van der Waals surface area contributed by atoms with Crippen molar-refractivity contribution in [3.05, 3.63) is 71.4 Å². The fraction of sp³-hybridized carbons (Fsp3) is 0.0625. The molecule has 0 saturated carbocycles. The van der Waals surface area contributed by atoms with Gasteiger partial charge in [0.05, 0.1) is 6.42 Å². The highest BCUT2D eigenvalue weighted by Crippen LogP contribution is 2.18. The molecule has 0 bridgehead atoms. The van der Waals surface area contributed by atoms with E-state index in [0.717, 1.165) is 0 Å². The maximum atomic E-state index is 12.9. The monoisotopic (exact) mass is 297 g/mol. The van der Waals surface area contributed by atoms with E-state index in [-0.39, 0.29) is 5.82 Å². The van der Waals surface area contributed by atoms with Crippen molar-refractivity contribution in [2.75, 3.05) is 0 Å². The highest BCUT2D eigenvalue weighted by atomic mass is 19.1. The average molecular weight is 297 g/mol. The molecular formula is C16H12FN3O2. The van der Waals surface area contributed by atoms with E-state index in [1.807, 2.05) is 0 Å². The first-order valence-corrected chi connectivity index (χ1v) is 6.60. The predicted octanol–water partition coefficient (Wildman–Crippen LogP) is 2.57. The molecule has 0 fully saturated rings. The zero-order chi connectivity index (χ0) is 15.5. The second kappa shape index (κ2) is 5.77. The van der Waals surface area contributed by atoms with Crippen LogP contribution in [0.4, 0.5) is 4.39 Å². The van der Waals surface area contributed by atoms with Crippen LogP contribution in [0.2, 0.25) is 0 Å². The van der Waals surface area contributed by atoms with Crippen molar-refractivity contribution in [2.24, 2.45) is 5.73 Å². The number of rotatable bonds is 4. The quantitative estimate of drug-likeness (QED) is 0.802. The number of primary amides is 1. The van der Waals surface area contributed by atoms with E-state index in [2.05, 4.69) is 10.1 Å². The van der Waals surface area contributed by atoms with Gasteiger partial charge in [0.25, 0.3) is 0 Å². The maximum Gasteiger partial charge on any atom is 0.248 e. The first kappa shape index (κ1) is 13.9. The standard InChI is InChI=1S/C16H12FN3O2/c17-12-7-5-10(6-8-12)16-19-14(22-20-16)9-11-3-1-2-4-13(11)15(18)21/h1-8H,9H2,(H2,18,21). The summed E-state index contributed by atoms with van der Waals surface area (Å²) in [6.07, 6.45) is 0.299. The molecule has 22 heavy (non-hydrogen) atoms. The molecule has 1 amide bonds. The molecule has 3 aromatic rings. The summed E-state index contributed by atoms with van der Waals surface area (Å²) in [7, 11) is 0. The Morgan fingerprint density at radius 1 is 1.14 bits per heavy atom. The van der Waals surface area contributed by atoms with Gasteiger partial charge in [-0.2, -0.15) is 4.98 Å². The summed E-state index contributed by atoms with van der Waals surface area (Å²) in [5, 5.41) is 3.86. The van der Waals surface area contributed by atoms with Gasteiger partial charge in [0.1, 0.15) is 5.82 Å². The van der Waals surface area contributed by atoms with Crippen LogP contribution in [0, 0.1) is 5.82 Å². The van der Waals surface area contributed by atoms with Crippen LogP contribution in [0.1, 0.15) is 21.8 Å². The summed E-state index contributed by atoms with van der Waals surface area (Å²) in [5.41, 5.74) is 7.12. The normalized spacial score (nSPS) is 10.6. The number of halogens is 1. The smallest absolute Gasteiger partial charge is 0.248 e. The Morgan fingerprint density at radius 2 is 1.86 bits per heavy atom. The third-order valence-corrected chi connectivity index (χ3v) is 3.20. The largest absolute Gasteiger partial charge is 0.366 e. The summed E-state index contributed by atoms with van der Waals surface area (Å²) in [4.78, 5) is 15.6. The molecule has 1 heterocycles. The molecule has 5 nitrogen and oxygen atoms in total. The minimum absolute atomic E-state index is 0.299. The Kier molecular flexibility index (Phi) is 3.65. The van der Waals surface area contributed by atoms with E-state index in [1.54, 1.807) is 36.4 Å². The zero-order valence-corrected chi connectivity index (χ0v) is 11.5. The van der Waals surface area contributed by atoms with Gasteiger partial charge < -0.3 is 10.3 Å². The second-order valence-corrected chi connectivity index (χ2v) is 4.72. The Labute approximate surface area is 125 Å². The molecule has 0 spiro atoms. The maximum absolute atomic E-state index is 12.9. The number of carbonyl (C=O) groups is 1. The van der Waals surface area contributed by atoms with Gasteiger partial charge in [0.15, 0.2) is 0 Å². The van der Waals surface area contributed by atoms with Crippen LogP contribution in [-0.4, -0.2) is 16.0 Å². The topological polar surface area (TPSA) is 82.0 Å². The van der Waals surface area contributed by atoms with E-state index < -0.39 is 5.91 Å². The second-order valence-electron chi connectivity index (χ2n) is 4.72. The van der Waals surface area contributed by atoms with Crippen molar-refractivity contribution >= 4 is 5.91 Å². The lowest BCUT2D eigenvalue weighted by Gasteiger charge is -2.02. The van der Waals surface area contributed by atoms with Crippen molar-refractivity contribution in [2.45, 2.75) is 6.42 Å². The molecule has 6 heteroatoms. The lowest BCUT2D eigenvalue weighted by molar-refractivity contribution is 0.0999. The third kappa shape index (κ3) is 2.85. The first-order chi connectivity index (χ1) is 10.6. The molecule has 0 unspecified atom stereocenters. The fourth-order valence-electron chi connectivity index (χ4n) is 2.12. The molecule has 2 N–H and O–H groups in total. The molecule has 2 aromatic carbocycles. The number of nitrogens with zero attached hydrogens (tertiary/aromatic N) is 2. The van der Waals surface area contributed by atoms with E-state index in [0.29, 0.717) is 34.8 Å². The van der Waals surface area contributed by atoms with E-state index in [4.69, 9.17) is 10.3 Å². The molecule has 0 aliphatic rings. The lowest BCUT2D eigenvalue weighted by Crippen LogP contribution is -2.13. The molecule has 0 aliphatic carbocycles. The summed E-state index contributed by atoms with van der Waals surface area (Å²) in [5.74, 6) is -0.115. The average Bonchev–Trinajstić information content (AvgIpc) is 2.97. The number of hydrogen-bond acceptors (Lipinski definition) is 4. The molecule has 0 aliphatic heterocycles. The number of amides is 1. The zero-order valence-electron chi connectivity index (χ0n) is 11.5. The highest BCUT2D eigenvalue weighted by molar-refractivity contribution is 5.94. The molecular weight excluding hydrogens is 285 g/mol. The first-order valence-electron chi connectivity index (χ1n) is 6.60. The Balaban J connectivity index is 1.86. The SMILES string of the molecule is NC(=O)c1ccccc1Cc1nc(-c2ccc(F)cc2)no1. The number of hydrogen-bond donors (Lipinski definition) is 1. The molecule has 0 saturated heterocycles. The molecule has 0 radical (unpaired) electrons. The summed E-state index contributed by atoms with van der Waals surface area (Å²) < 4.78 is 18.1.